The van der Waals surface area contributed by atoms with Gasteiger partial charge in [0.15, 0.2) is 0 Å². The van der Waals surface area contributed by atoms with Gasteiger partial charge in [-0.05, 0) is 45.5 Å². The minimum Gasteiger partial charge on any atom is -0.496 e. The predicted molar refractivity (Wildman–Crippen MR) is 144 cm³/mol. The van der Waals surface area contributed by atoms with Gasteiger partial charge in [-0.2, -0.15) is 0 Å². The van der Waals surface area contributed by atoms with Crippen LogP contribution in [0.5, 0.6) is 5.75 Å². The topological polar surface area (TPSA) is 110 Å². The molecule has 1 heterocycles. The zero-order chi connectivity index (χ0) is 26.4. The fourth-order valence-corrected chi connectivity index (χ4v) is 5.00. The molecule has 9 heteroatoms. The van der Waals surface area contributed by atoms with Crippen LogP contribution in [0.1, 0.15) is 26.3 Å². The molecule has 4 rings (SSSR count). The van der Waals surface area contributed by atoms with Crippen molar-refractivity contribution in [3.63, 3.8) is 0 Å². The highest BCUT2D eigenvalue weighted by Crippen LogP contribution is 2.44. The molecule has 0 unspecified atom stereocenters. The van der Waals surface area contributed by atoms with Crippen molar-refractivity contribution >= 4 is 26.5 Å². The van der Waals surface area contributed by atoms with Crippen molar-refractivity contribution in [3.05, 3.63) is 81.1 Å². The highest BCUT2D eigenvalue weighted by atomic mass is 32.2. The van der Waals surface area contributed by atoms with Crippen LogP contribution in [0.4, 0.5) is 5.69 Å². The lowest BCUT2D eigenvalue weighted by Crippen LogP contribution is -2.33. The number of rotatable bonds is 5. The molecule has 0 atom stereocenters. The minimum absolute atomic E-state index is 0.385. The van der Waals surface area contributed by atoms with E-state index < -0.39 is 15.7 Å². The van der Waals surface area contributed by atoms with Gasteiger partial charge in [-0.25, -0.2) is 13.2 Å². The SMILES string of the molecule is COc1c(-c2ccc3cc(NS(C)(=O)=O)ccc3c2)ccc(-c2c[nH]c(=O)n(C)c2=O)c1C(C)(C)C. The average molecular weight is 508 g/mol. The number of methoxy groups -OCH3 is 1. The van der Waals surface area contributed by atoms with Crippen LogP contribution in [-0.2, 0) is 22.5 Å². The smallest absolute Gasteiger partial charge is 0.328 e. The molecule has 0 aliphatic rings. The Morgan fingerprint density at radius 1 is 0.917 bits per heavy atom. The number of nitrogens with zero attached hydrogens (tertiary/aromatic N) is 1. The van der Waals surface area contributed by atoms with E-state index in [1.807, 2.05) is 57.2 Å². The number of hydrogen-bond donors (Lipinski definition) is 2. The van der Waals surface area contributed by atoms with E-state index in [9.17, 15) is 18.0 Å². The maximum absolute atomic E-state index is 12.9. The molecule has 0 aliphatic carbocycles. The van der Waals surface area contributed by atoms with Crippen LogP contribution in [0.2, 0.25) is 0 Å². The predicted octanol–water partition coefficient (Wildman–Crippen LogP) is 4.24. The van der Waals surface area contributed by atoms with Crippen LogP contribution in [-0.4, -0.2) is 31.3 Å². The Kier molecular flexibility index (Phi) is 6.30. The van der Waals surface area contributed by atoms with Crippen molar-refractivity contribution in [2.24, 2.45) is 7.05 Å². The van der Waals surface area contributed by atoms with Crippen molar-refractivity contribution in [2.45, 2.75) is 26.2 Å². The second-order valence-corrected chi connectivity index (χ2v) is 11.6. The van der Waals surface area contributed by atoms with Crippen LogP contribution < -0.4 is 20.7 Å². The summed E-state index contributed by atoms with van der Waals surface area (Å²) >= 11 is 0. The van der Waals surface area contributed by atoms with Gasteiger partial charge < -0.3 is 9.72 Å². The van der Waals surface area contributed by atoms with Gasteiger partial charge in [-0.1, -0.05) is 51.1 Å². The third-order valence-electron chi connectivity index (χ3n) is 6.04. The molecule has 0 bridgehead atoms. The van der Waals surface area contributed by atoms with Gasteiger partial charge >= 0.3 is 5.69 Å². The van der Waals surface area contributed by atoms with E-state index in [1.54, 1.807) is 19.2 Å². The summed E-state index contributed by atoms with van der Waals surface area (Å²) in [5, 5.41) is 1.82. The summed E-state index contributed by atoms with van der Waals surface area (Å²) in [5.74, 6) is 0.642. The number of fused-ring (bicyclic) bond motifs is 1. The zero-order valence-corrected chi connectivity index (χ0v) is 21.9. The van der Waals surface area contributed by atoms with Crippen LogP contribution in [0.25, 0.3) is 33.0 Å². The first-order valence-electron chi connectivity index (χ1n) is 11.3. The standard InChI is InChI=1S/C27H29N3O5S/c1-27(2,3)23-21(22-15-28-26(32)30(4)25(22)31)12-11-20(24(23)35-5)18-8-7-17-14-19(29-36(6,33)34)10-9-16(17)13-18/h7-15,29H,1-6H3,(H,28,32). The Hall–Kier alpha value is -3.85. The maximum atomic E-state index is 12.9. The number of ether oxygens (including phenoxy) is 1. The van der Waals surface area contributed by atoms with Crippen LogP contribution >= 0.6 is 0 Å². The summed E-state index contributed by atoms with van der Waals surface area (Å²) in [6.45, 7) is 6.14. The molecule has 1 aromatic heterocycles. The summed E-state index contributed by atoms with van der Waals surface area (Å²) in [6.07, 6.45) is 2.57. The number of H-pyrrole nitrogens is 1. The zero-order valence-electron chi connectivity index (χ0n) is 21.1. The van der Waals surface area contributed by atoms with Gasteiger partial charge in [0.1, 0.15) is 5.75 Å². The summed E-state index contributed by atoms with van der Waals surface area (Å²) < 4.78 is 32.7. The van der Waals surface area contributed by atoms with Crippen LogP contribution in [0, 0.1) is 0 Å². The minimum atomic E-state index is -3.37. The molecule has 3 aromatic carbocycles. The molecular formula is C27H29N3O5S. The van der Waals surface area contributed by atoms with E-state index in [1.165, 1.54) is 13.2 Å². The number of aromatic amines is 1. The summed E-state index contributed by atoms with van der Waals surface area (Å²) in [5.41, 5.74) is 2.94. The molecule has 0 saturated heterocycles. The number of hydrogen-bond acceptors (Lipinski definition) is 5. The maximum Gasteiger partial charge on any atom is 0.328 e. The lowest BCUT2D eigenvalue weighted by molar-refractivity contribution is 0.400. The normalized spacial score (nSPS) is 12.1. The van der Waals surface area contributed by atoms with Gasteiger partial charge in [0.25, 0.3) is 5.56 Å². The Morgan fingerprint density at radius 3 is 2.19 bits per heavy atom. The lowest BCUT2D eigenvalue weighted by Gasteiger charge is -2.27. The molecule has 0 aliphatic heterocycles. The first-order chi connectivity index (χ1) is 16.8. The Morgan fingerprint density at radius 2 is 1.56 bits per heavy atom. The van der Waals surface area contributed by atoms with Crippen molar-refractivity contribution in [1.82, 2.24) is 9.55 Å². The molecule has 0 amide bonds. The molecule has 0 spiro atoms. The second-order valence-electron chi connectivity index (χ2n) is 9.84. The molecule has 36 heavy (non-hydrogen) atoms. The van der Waals surface area contributed by atoms with E-state index in [-0.39, 0.29) is 11.0 Å². The third kappa shape index (κ3) is 4.79. The van der Waals surface area contributed by atoms with Crippen molar-refractivity contribution in [3.8, 4) is 28.0 Å². The van der Waals surface area contributed by atoms with E-state index >= 15 is 0 Å². The second kappa shape index (κ2) is 8.98. The highest BCUT2D eigenvalue weighted by molar-refractivity contribution is 7.92. The number of benzene rings is 3. The summed E-state index contributed by atoms with van der Waals surface area (Å²) in [6, 6.07) is 15.1. The van der Waals surface area contributed by atoms with Crippen molar-refractivity contribution in [1.29, 1.82) is 0 Å². The molecule has 0 radical (unpaired) electrons. The van der Waals surface area contributed by atoms with E-state index in [0.717, 1.165) is 38.3 Å². The van der Waals surface area contributed by atoms with Gasteiger partial charge in [0, 0.05) is 30.1 Å². The highest BCUT2D eigenvalue weighted by Gasteiger charge is 2.27. The van der Waals surface area contributed by atoms with E-state index in [2.05, 4.69) is 9.71 Å². The molecular weight excluding hydrogens is 478 g/mol. The molecule has 0 saturated carbocycles. The van der Waals surface area contributed by atoms with Gasteiger partial charge in [0.2, 0.25) is 10.0 Å². The third-order valence-corrected chi connectivity index (χ3v) is 6.64. The summed E-state index contributed by atoms with van der Waals surface area (Å²) in [4.78, 5) is 27.5. The molecule has 0 fully saturated rings. The van der Waals surface area contributed by atoms with E-state index in [4.69, 9.17) is 4.74 Å². The Bertz CT molecular complexity index is 1710. The van der Waals surface area contributed by atoms with Crippen LogP contribution in [0.15, 0.2) is 64.3 Å². The molecule has 2 N–H and O–H groups in total. The van der Waals surface area contributed by atoms with Gasteiger partial charge in [-0.3, -0.25) is 14.1 Å². The number of anilines is 1. The monoisotopic (exact) mass is 507 g/mol. The first kappa shape index (κ1) is 25.2. The van der Waals surface area contributed by atoms with E-state index in [0.29, 0.717) is 22.6 Å². The lowest BCUT2D eigenvalue weighted by atomic mass is 9.79. The van der Waals surface area contributed by atoms with Crippen LogP contribution in [0.3, 0.4) is 0 Å². The molecule has 188 valence electrons. The van der Waals surface area contributed by atoms with Crippen molar-refractivity contribution < 1.29 is 13.2 Å². The molecule has 8 nitrogen and oxygen atoms in total. The summed E-state index contributed by atoms with van der Waals surface area (Å²) in [7, 11) is -0.322. The average Bonchev–Trinajstić information content (AvgIpc) is 2.80. The fourth-order valence-electron chi connectivity index (χ4n) is 4.44. The van der Waals surface area contributed by atoms with Gasteiger partial charge in [0.05, 0.1) is 18.9 Å². The largest absolute Gasteiger partial charge is 0.496 e. The number of sulfonamides is 1. The first-order valence-corrected chi connectivity index (χ1v) is 13.2. The Balaban J connectivity index is 1.92. The fraction of sp³-hybridized carbons (Fsp3) is 0.259. The number of aromatic nitrogens is 2. The quantitative estimate of drug-likeness (QED) is 0.420. The van der Waals surface area contributed by atoms with Crippen molar-refractivity contribution in [2.75, 3.05) is 18.1 Å². The molecule has 4 aromatic rings. The van der Waals surface area contributed by atoms with Gasteiger partial charge in [-0.15, -0.1) is 0 Å². The number of nitrogens with one attached hydrogen (secondary N) is 2. The Labute approximate surface area is 209 Å².